The zero-order valence-electron chi connectivity index (χ0n) is 19.9. The van der Waals surface area contributed by atoms with E-state index in [4.69, 9.17) is 5.73 Å². The van der Waals surface area contributed by atoms with Gasteiger partial charge in [0, 0.05) is 19.0 Å². The number of nitrogens with zero attached hydrogens (tertiary/aromatic N) is 5. The van der Waals surface area contributed by atoms with Gasteiger partial charge in [-0.25, -0.2) is 37.5 Å². The van der Waals surface area contributed by atoms with Crippen LogP contribution in [0.25, 0.3) is 16.6 Å². The standard InChI is InChI=1S/C27H17F4N7O/c28-15-4-5-18(34-13-15)6-7-21-25(32)35-14-36-26(21)33-9-8-23-37-24-20(2-1-3-22(24)31)27(39)38(23)19-11-16(29)10-17(30)12-19/h1-5,10-14H,8-9H2,(H3,32,33,35,36). The van der Waals surface area contributed by atoms with Crippen LogP contribution in [0.5, 0.6) is 0 Å². The number of hydrogen-bond acceptors (Lipinski definition) is 7. The normalized spacial score (nSPS) is 10.8. The molecule has 0 saturated heterocycles. The Labute approximate surface area is 218 Å². The van der Waals surface area contributed by atoms with Crippen LogP contribution in [0.1, 0.15) is 17.1 Å². The van der Waals surface area contributed by atoms with Crippen molar-refractivity contribution in [1.29, 1.82) is 0 Å². The van der Waals surface area contributed by atoms with Crippen LogP contribution in [0.3, 0.4) is 0 Å². The van der Waals surface area contributed by atoms with Gasteiger partial charge in [-0.15, -0.1) is 0 Å². The van der Waals surface area contributed by atoms with E-state index in [-0.39, 0.29) is 52.6 Å². The summed E-state index contributed by atoms with van der Waals surface area (Å²) >= 11 is 0. The highest BCUT2D eigenvalue weighted by molar-refractivity contribution is 5.78. The molecular weight excluding hydrogens is 514 g/mol. The minimum atomic E-state index is -0.893. The van der Waals surface area contributed by atoms with Crippen LogP contribution in [0.2, 0.25) is 0 Å². The monoisotopic (exact) mass is 531 g/mol. The Morgan fingerprint density at radius 1 is 0.923 bits per heavy atom. The van der Waals surface area contributed by atoms with E-state index < -0.39 is 28.8 Å². The van der Waals surface area contributed by atoms with Gasteiger partial charge in [-0.1, -0.05) is 12.0 Å². The summed E-state index contributed by atoms with van der Waals surface area (Å²) in [7, 11) is 0. The summed E-state index contributed by atoms with van der Waals surface area (Å²) in [5.74, 6) is 2.91. The van der Waals surface area contributed by atoms with Gasteiger partial charge in [0.1, 0.15) is 63.8 Å². The van der Waals surface area contributed by atoms with Crippen molar-refractivity contribution in [1.82, 2.24) is 24.5 Å². The zero-order chi connectivity index (χ0) is 27.5. The topological polar surface area (TPSA) is 112 Å². The molecule has 0 spiro atoms. The summed E-state index contributed by atoms with van der Waals surface area (Å²) in [4.78, 5) is 29.6. The lowest BCUT2D eigenvalue weighted by Crippen LogP contribution is -2.26. The predicted octanol–water partition coefficient (Wildman–Crippen LogP) is 3.76. The van der Waals surface area contributed by atoms with Crippen molar-refractivity contribution in [2.75, 3.05) is 17.6 Å². The predicted molar refractivity (Wildman–Crippen MR) is 136 cm³/mol. The lowest BCUT2D eigenvalue weighted by atomic mass is 10.2. The molecule has 0 unspecified atom stereocenters. The average molecular weight is 531 g/mol. The van der Waals surface area contributed by atoms with Crippen molar-refractivity contribution >= 4 is 22.5 Å². The van der Waals surface area contributed by atoms with Crippen LogP contribution >= 0.6 is 0 Å². The first-order chi connectivity index (χ1) is 18.8. The number of halogens is 4. The van der Waals surface area contributed by atoms with Crippen molar-refractivity contribution in [2.45, 2.75) is 6.42 Å². The number of rotatable bonds is 5. The second kappa shape index (κ2) is 10.6. The van der Waals surface area contributed by atoms with Crippen LogP contribution < -0.4 is 16.6 Å². The molecular formula is C27H17F4N7O. The molecule has 0 saturated carbocycles. The lowest BCUT2D eigenvalue weighted by Gasteiger charge is -2.15. The third kappa shape index (κ3) is 5.37. The molecule has 5 rings (SSSR count). The fraction of sp³-hybridized carbons (Fsp3) is 0.0741. The third-order valence-corrected chi connectivity index (χ3v) is 5.59. The van der Waals surface area contributed by atoms with E-state index in [1.54, 1.807) is 0 Å². The first-order valence-corrected chi connectivity index (χ1v) is 11.4. The number of nitrogens with two attached hydrogens (primary N) is 1. The van der Waals surface area contributed by atoms with Gasteiger partial charge >= 0.3 is 0 Å². The highest BCUT2D eigenvalue weighted by Crippen LogP contribution is 2.19. The Morgan fingerprint density at radius 2 is 1.72 bits per heavy atom. The van der Waals surface area contributed by atoms with Crippen LogP contribution in [-0.4, -0.2) is 31.0 Å². The Bertz CT molecular complexity index is 1810. The minimum absolute atomic E-state index is 0.00788. The fourth-order valence-electron chi connectivity index (χ4n) is 3.85. The summed E-state index contributed by atoms with van der Waals surface area (Å²) in [5.41, 5.74) is 5.54. The number of nitrogen functional groups attached to an aromatic ring is 1. The van der Waals surface area contributed by atoms with Gasteiger partial charge in [0.15, 0.2) is 0 Å². The molecule has 0 radical (unpaired) electrons. The molecule has 0 bridgehead atoms. The molecule has 8 nitrogen and oxygen atoms in total. The van der Waals surface area contributed by atoms with Crippen LogP contribution in [-0.2, 0) is 6.42 Å². The average Bonchev–Trinajstić information content (AvgIpc) is 2.89. The van der Waals surface area contributed by atoms with Crippen LogP contribution in [0, 0.1) is 35.1 Å². The number of nitrogens with one attached hydrogen (secondary N) is 1. The van der Waals surface area contributed by atoms with Gasteiger partial charge in [-0.3, -0.25) is 9.36 Å². The molecule has 12 heteroatoms. The lowest BCUT2D eigenvalue weighted by molar-refractivity contribution is 0.580. The number of para-hydroxylation sites is 1. The molecule has 3 aromatic heterocycles. The molecule has 3 heterocycles. The van der Waals surface area contributed by atoms with Crippen molar-refractivity contribution in [3.8, 4) is 17.5 Å². The van der Waals surface area contributed by atoms with Crippen molar-refractivity contribution in [3.05, 3.63) is 112 Å². The fourth-order valence-corrected chi connectivity index (χ4v) is 3.85. The van der Waals surface area contributed by atoms with E-state index >= 15 is 0 Å². The molecule has 0 fully saturated rings. The zero-order valence-corrected chi connectivity index (χ0v) is 19.9. The van der Waals surface area contributed by atoms with E-state index in [2.05, 4.69) is 37.1 Å². The maximum atomic E-state index is 14.5. The van der Waals surface area contributed by atoms with Gasteiger partial charge in [0.25, 0.3) is 5.56 Å². The number of pyridine rings is 1. The van der Waals surface area contributed by atoms with Crippen LogP contribution in [0.15, 0.2) is 65.8 Å². The van der Waals surface area contributed by atoms with Crippen molar-refractivity contribution in [2.24, 2.45) is 0 Å². The Balaban J connectivity index is 1.49. The van der Waals surface area contributed by atoms with Gasteiger partial charge in [-0.05, 0) is 42.3 Å². The van der Waals surface area contributed by atoms with Gasteiger partial charge in [0.05, 0.1) is 17.3 Å². The van der Waals surface area contributed by atoms with Crippen molar-refractivity contribution in [3.63, 3.8) is 0 Å². The summed E-state index contributed by atoms with van der Waals surface area (Å²) < 4.78 is 56.7. The summed E-state index contributed by atoms with van der Waals surface area (Å²) in [6.45, 7) is 0.0874. The molecule has 0 atom stereocenters. The number of aromatic nitrogens is 5. The van der Waals surface area contributed by atoms with E-state index in [9.17, 15) is 22.4 Å². The number of anilines is 2. The maximum Gasteiger partial charge on any atom is 0.266 e. The first kappa shape index (κ1) is 25.3. The Hall–Kier alpha value is -5.31. The summed E-state index contributed by atoms with van der Waals surface area (Å²) in [6.07, 6.45) is 2.25. The Morgan fingerprint density at radius 3 is 2.46 bits per heavy atom. The number of hydrogen-bond donors (Lipinski definition) is 2. The quantitative estimate of drug-likeness (QED) is 0.262. The summed E-state index contributed by atoms with van der Waals surface area (Å²) in [6, 6.07) is 9.14. The molecule has 0 amide bonds. The number of fused-ring (bicyclic) bond motifs is 1. The van der Waals surface area contributed by atoms with Gasteiger partial charge in [-0.2, -0.15) is 0 Å². The highest BCUT2D eigenvalue weighted by Gasteiger charge is 2.17. The molecule has 39 heavy (non-hydrogen) atoms. The van der Waals surface area contributed by atoms with E-state index in [1.807, 2.05) is 0 Å². The highest BCUT2D eigenvalue weighted by atomic mass is 19.1. The first-order valence-electron chi connectivity index (χ1n) is 11.4. The van der Waals surface area contributed by atoms with Crippen LogP contribution in [0.4, 0.5) is 29.2 Å². The van der Waals surface area contributed by atoms with Gasteiger partial charge < -0.3 is 11.1 Å². The third-order valence-electron chi connectivity index (χ3n) is 5.59. The van der Waals surface area contributed by atoms with E-state index in [0.717, 1.165) is 29.0 Å². The minimum Gasteiger partial charge on any atom is -0.382 e. The molecule has 3 N–H and O–H groups in total. The number of benzene rings is 2. The molecule has 2 aromatic carbocycles. The SMILES string of the molecule is Nc1ncnc(NCCc2nc3c(F)cccc3c(=O)n2-c2cc(F)cc(F)c2)c1C#Cc1ccc(F)cn1. The second-order valence-electron chi connectivity index (χ2n) is 8.20. The van der Waals surface area contributed by atoms with E-state index in [0.29, 0.717) is 11.8 Å². The van der Waals surface area contributed by atoms with E-state index in [1.165, 1.54) is 30.6 Å². The van der Waals surface area contributed by atoms with Gasteiger partial charge in [0.2, 0.25) is 0 Å². The molecule has 0 aliphatic rings. The smallest absolute Gasteiger partial charge is 0.266 e. The summed E-state index contributed by atoms with van der Waals surface area (Å²) in [5, 5.41) is 2.97. The maximum absolute atomic E-state index is 14.5. The van der Waals surface area contributed by atoms with Crippen molar-refractivity contribution < 1.29 is 17.6 Å². The largest absolute Gasteiger partial charge is 0.382 e. The molecule has 0 aliphatic heterocycles. The Kier molecular flexibility index (Phi) is 6.88. The molecule has 194 valence electrons. The molecule has 0 aliphatic carbocycles. The molecule has 5 aromatic rings. The second-order valence-corrected chi connectivity index (χ2v) is 8.20.